The number of benzene rings is 1. The van der Waals surface area contributed by atoms with E-state index in [1.165, 1.54) is 23.5 Å². The summed E-state index contributed by atoms with van der Waals surface area (Å²) in [7, 11) is 0. The summed E-state index contributed by atoms with van der Waals surface area (Å²) in [5, 5.41) is 8.50. The third-order valence-electron chi connectivity index (χ3n) is 2.98. The highest BCUT2D eigenvalue weighted by molar-refractivity contribution is 7.13. The van der Waals surface area contributed by atoms with Gasteiger partial charge in [0.05, 0.1) is 12.1 Å². The first kappa shape index (κ1) is 15.6. The van der Waals surface area contributed by atoms with Crippen LogP contribution in [0.1, 0.15) is 31.1 Å². The van der Waals surface area contributed by atoms with Gasteiger partial charge in [0.1, 0.15) is 5.82 Å². The van der Waals surface area contributed by atoms with Crippen LogP contribution in [0.15, 0.2) is 29.6 Å². The van der Waals surface area contributed by atoms with Crippen molar-refractivity contribution in [3.63, 3.8) is 0 Å². The van der Waals surface area contributed by atoms with Crippen LogP contribution in [0.2, 0.25) is 0 Å². The van der Waals surface area contributed by atoms with Crippen LogP contribution < -0.4 is 10.6 Å². The summed E-state index contributed by atoms with van der Waals surface area (Å²) < 4.78 is 13.1. The van der Waals surface area contributed by atoms with Crippen molar-refractivity contribution in [2.75, 3.05) is 11.9 Å². The molecule has 0 bridgehead atoms. The Morgan fingerprint density at radius 1 is 1.48 bits per heavy atom. The van der Waals surface area contributed by atoms with Gasteiger partial charge in [0.25, 0.3) is 0 Å². The summed E-state index contributed by atoms with van der Waals surface area (Å²) in [4.78, 5) is 16.3. The topological polar surface area (TPSA) is 54.0 Å². The molecule has 0 saturated carbocycles. The van der Waals surface area contributed by atoms with Gasteiger partial charge in [-0.2, -0.15) is 0 Å². The Morgan fingerprint density at radius 2 is 2.29 bits per heavy atom. The zero-order valence-electron chi connectivity index (χ0n) is 12.0. The predicted molar refractivity (Wildman–Crippen MR) is 82.9 cm³/mol. The normalized spacial score (nSPS) is 12.1. The van der Waals surface area contributed by atoms with Crippen LogP contribution in [0.4, 0.5) is 9.52 Å². The minimum atomic E-state index is -0.337. The van der Waals surface area contributed by atoms with E-state index in [0.717, 1.165) is 12.2 Å². The van der Waals surface area contributed by atoms with Crippen LogP contribution >= 0.6 is 11.3 Å². The van der Waals surface area contributed by atoms with E-state index in [2.05, 4.69) is 15.6 Å². The van der Waals surface area contributed by atoms with Crippen LogP contribution in [0.5, 0.6) is 0 Å². The van der Waals surface area contributed by atoms with Gasteiger partial charge in [-0.15, -0.1) is 11.3 Å². The van der Waals surface area contributed by atoms with Gasteiger partial charge in [-0.3, -0.25) is 4.79 Å². The second kappa shape index (κ2) is 7.28. The molecule has 1 atom stereocenters. The minimum Gasteiger partial charge on any atom is -0.309 e. The van der Waals surface area contributed by atoms with Crippen molar-refractivity contribution in [2.45, 2.75) is 26.3 Å². The van der Waals surface area contributed by atoms with E-state index in [1.807, 2.05) is 19.2 Å². The van der Waals surface area contributed by atoms with Gasteiger partial charge in [-0.05, 0) is 31.2 Å². The minimum absolute atomic E-state index is 0.134. The Bertz CT molecular complexity index is 614. The molecule has 1 aromatic carbocycles. The van der Waals surface area contributed by atoms with E-state index in [4.69, 9.17) is 0 Å². The molecular weight excluding hydrogens is 289 g/mol. The lowest BCUT2D eigenvalue weighted by Gasteiger charge is -2.08. The maximum atomic E-state index is 13.1. The average molecular weight is 307 g/mol. The number of carbonyl (C=O) groups is 1. The first-order valence-corrected chi connectivity index (χ1v) is 7.69. The van der Waals surface area contributed by atoms with Crippen molar-refractivity contribution in [1.29, 1.82) is 0 Å². The molecule has 2 N–H and O–H groups in total. The molecule has 0 radical (unpaired) electrons. The summed E-state index contributed by atoms with van der Waals surface area (Å²) in [5.41, 5.74) is 1.55. The molecule has 1 heterocycles. The third kappa shape index (κ3) is 4.61. The number of aromatic nitrogens is 1. The molecule has 0 aliphatic carbocycles. The predicted octanol–water partition coefficient (Wildman–Crippen LogP) is 3.13. The van der Waals surface area contributed by atoms with Crippen molar-refractivity contribution in [1.82, 2.24) is 10.3 Å². The molecule has 0 aliphatic rings. The Balaban J connectivity index is 1.94. The first-order valence-electron chi connectivity index (χ1n) is 6.81. The monoisotopic (exact) mass is 307 g/mol. The smallest absolute Gasteiger partial charge is 0.230 e. The fraction of sp³-hybridized carbons (Fsp3) is 0.333. The van der Waals surface area contributed by atoms with Gasteiger partial charge in [0.15, 0.2) is 5.13 Å². The van der Waals surface area contributed by atoms with Gasteiger partial charge in [-0.25, -0.2) is 9.37 Å². The van der Waals surface area contributed by atoms with Crippen LogP contribution in [0, 0.1) is 5.82 Å². The average Bonchev–Trinajstić information content (AvgIpc) is 2.87. The van der Waals surface area contributed by atoms with Gasteiger partial charge in [-0.1, -0.05) is 19.1 Å². The molecular formula is C15H18FN3OS. The first-order chi connectivity index (χ1) is 10.1. The summed E-state index contributed by atoms with van der Waals surface area (Å²) in [6.45, 7) is 4.92. The number of carbonyl (C=O) groups excluding carboxylic acids is 1. The molecule has 6 heteroatoms. The second-order valence-corrected chi connectivity index (χ2v) is 5.57. The lowest BCUT2D eigenvalue weighted by Crippen LogP contribution is -2.18. The highest BCUT2D eigenvalue weighted by atomic mass is 32.1. The molecule has 0 aliphatic heterocycles. The number of thiazole rings is 1. The maximum absolute atomic E-state index is 13.1. The number of halogens is 1. The van der Waals surface area contributed by atoms with Gasteiger partial charge < -0.3 is 10.6 Å². The SMILES string of the molecule is CCNC(C)c1csc(NC(=O)Cc2cccc(F)c2)n1. The number of rotatable bonds is 6. The molecule has 1 unspecified atom stereocenters. The Morgan fingerprint density at radius 3 is 3.00 bits per heavy atom. The molecule has 4 nitrogen and oxygen atoms in total. The largest absolute Gasteiger partial charge is 0.309 e. The standard InChI is InChI=1S/C15H18FN3OS/c1-3-17-10(2)13-9-21-15(18-13)19-14(20)8-11-5-4-6-12(16)7-11/h4-7,9-10,17H,3,8H2,1-2H3,(H,18,19,20). The van der Waals surface area contributed by atoms with E-state index < -0.39 is 0 Å². The van der Waals surface area contributed by atoms with Crippen molar-refractivity contribution < 1.29 is 9.18 Å². The Kier molecular flexibility index (Phi) is 5.41. The molecule has 112 valence electrons. The molecule has 1 amide bonds. The van der Waals surface area contributed by atoms with Crippen molar-refractivity contribution >= 4 is 22.4 Å². The van der Waals surface area contributed by atoms with E-state index in [9.17, 15) is 9.18 Å². The number of anilines is 1. The molecule has 0 fully saturated rings. The molecule has 0 spiro atoms. The molecule has 0 saturated heterocycles. The summed E-state index contributed by atoms with van der Waals surface area (Å²) in [6.07, 6.45) is 0.134. The van der Waals surface area contributed by atoms with Crippen LogP contribution in [0.25, 0.3) is 0 Å². The van der Waals surface area contributed by atoms with Crippen molar-refractivity contribution in [2.24, 2.45) is 0 Å². The fourth-order valence-electron chi connectivity index (χ4n) is 1.95. The highest BCUT2D eigenvalue weighted by Crippen LogP contribution is 2.20. The van der Waals surface area contributed by atoms with Crippen LogP contribution in [-0.4, -0.2) is 17.4 Å². The number of amides is 1. The van der Waals surface area contributed by atoms with Gasteiger partial charge in [0.2, 0.25) is 5.91 Å². The highest BCUT2D eigenvalue weighted by Gasteiger charge is 2.11. The second-order valence-electron chi connectivity index (χ2n) is 4.71. The zero-order valence-corrected chi connectivity index (χ0v) is 12.8. The lowest BCUT2D eigenvalue weighted by atomic mass is 10.1. The summed E-state index contributed by atoms with van der Waals surface area (Å²) in [6, 6.07) is 6.19. The number of nitrogens with one attached hydrogen (secondary N) is 2. The quantitative estimate of drug-likeness (QED) is 0.862. The zero-order chi connectivity index (χ0) is 15.2. The number of hydrogen-bond acceptors (Lipinski definition) is 4. The molecule has 2 rings (SSSR count). The molecule has 2 aromatic rings. The lowest BCUT2D eigenvalue weighted by molar-refractivity contribution is -0.115. The van der Waals surface area contributed by atoms with Crippen molar-refractivity contribution in [3.8, 4) is 0 Å². The summed E-state index contributed by atoms with van der Waals surface area (Å²) >= 11 is 1.39. The maximum Gasteiger partial charge on any atom is 0.230 e. The molecule has 1 aromatic heterocycles. The molecule has 21 heavy (non-hydrogen) atoms. The van der Waals surface area contributed by atoms with Gasteiger partial charge in [0, 0.05) is 11.4 Å². The van der Waals surface area contributed by atoms with E-state index >= 15 is 0 Å². The number of hydrogen-bond donors (Lipinski definition) is 2. The van der Waals surface area contributed by atoms with Crippen LogP contribution in [-0.2, 0) is 11.2 Å². The van der Waals surface area contributed by atoms with Crippen LogP contribution in [0.3, 0.4) is 0 Å². The van der Waals surface area contributed by atoms with E-state index in [0.29, 0.717) is 10.7 Å². The van der Waals surface area contributed by atoms with Crippen molar-refractivity contribution in [3.05, 3.63) is 46.7 Å². The Labute approximate surface area is 127 Å². The summed E-state index contributed by atoms with van der Waals surface area (Å²) in [5.74, 6) is -0.533. The number of nitrogens with zero attached hydrogens (tertiary/aromatic N) is 1. The Hall–Kier alpha value is -1.79. The van der Waals surface area contributed by atoms with E-state index in [1.54, 1.807) is 12.1 Å². The van der Waals surface area contributed by atoms with Gasteiger partial charge >= 0.3 is 0 Å². The third-order valence-corrected chi connectivity index (χ3v) is 3.75. The van der Waals surface area contributed by atoms with E-state index in [-0.39, 0.29) is 24.2 Å². The fourth-order valence-corrected chi connectivity index (χ4v) is 2.77.